The molecule has 3 atom stereocenters. The summed E-state index contributed by atoms with van der Waals surface area (Å²) in [5.41, 5.74) is 2.65. The van der Waals surface area contributed by atoms with Crippen LogP contribution in [0.5, 0.6) is 0 Å². The fourth-order valence-electron chi connectivity index (χ4n) is 5.32. The minimum absolute atomic E-state index is 0.0128. The summed E-state index contributed by atoms with van der Waals surface area (Å²) < 4.78 is 1.59. The summed E-state index contributed by atoms with van der Waals surface area (Å²) in [7, 11) is 0. The standard InChI is InChI=1S/C28H34N6O3/c1-16(35)25-20-9-18(19-12-29-17(2)30-13-19)7-8-21(20)33(32-25)14-24(36)34-22(10-28(6)11-23(28)34)26(37)31-15-27(3,4)5/h7-9,12-13,22-23H,10-11,14-15H2,1-6H3,(H,31,37)/t22-,23+,28-/m0/s1. The van der Waals surface area contributed by atoms with Crippen molar-refractivity contribution in [1.29, 1.82) is 0 Å². The summed E-state index contributed by atoms with van der Waals surface area (Å²) in [5, 5.41) is 8.24. The van der Waals surface area contributed by atoms with Gasteiger partial charge in [0.25, 0.3) is 0 Å². The number of piperidine rings is 1. The molecular weight excluding hydrogens is 468 g/mol. The van der Waals surface area contributed by atoms with Gasteiger partial charge in [-0.1, -0.05) is 33.8 Å². The van der Waals surface area contributed by atoms with Gasteiger partial charge in [-0.15, -0.1) is 0 Å². The smallest absolute Gasteiger partial charge is 0.245 e. The molecule has 3 aromatic rings. The van der Waals surface area contributed by atoms with Crippen molar-refractivity contribution in [2.75, 3.05) is 6.54 Å². The number of hydrogen-bond donors (Lipinski definition) is 1. The predicted molar refractivity (Wildman–Crippen MR) is 140 cm³/mol. The van der Waals surface area contributed by atoms with Gasteiger partial charge in [0.05, 0.1) is 5.52 Å². The molecule has 5 rings (SSSR count). The van der Waals surface area contributed by atoms with Gasteiger partial charge in [0.1, 0.15) is 24.1 Å². The molecule has 2 fully saturated rings. The highest BCUT2D eigenvalue weighted by Gasteiger charge is 2.64. The van der Waals surface area contributed by atoms with Gasteiger partial charge in [0.2, 0.25) is 11.8 Å². The molecule has 1 N–H and O–H groups in total. The number of nitrogens with one attached hydrogen (secondary N) is 1. The van der Waals surface area contributed by atoms with Crippen molar-refractivity contribution in [2.24, 2.45) is 10.8 Å². The van der Waals surface area contributed by atoms with Crippen molar-refractivity contribution in [1.82, 2.24) is 30.0 Å². The number of fused-ring (bicyclic) bond motifs is 2. The molecule has 3 heterocycles. The van der Waals surface area contributed by atoms with E-state index < -0.39 is 6.04 Å². The van der Waals surface area contributed by atoms with E-state index in [9.17, 15) is 14.4 Å². The second kappa shape index (κ2) is 8.75. The van der Waals surface area contributed by atoms with Crippen LogP contribution in [-0.2, 0) is 16.1 Å². The molecule has 1 aliphatic heterocycles. The highest BCUT2D eigenvalue weighted by Crippen LogP contribution is 2.59. The zero-order valence-corrected chi connectivity index (χ0v) is 22.3. The van der Waals surface area contributed by atoms with Crippen LogP contribution in [0.25, 0.3) is 22.0 Å². The molecule has 2 aromatic heterocycles. The number of carbonyl (C=O) groups is 3. The number of Topliss-reactive ketones (excluding diaryl/α,β-unsaturated/α-hetero) is 1. The van der Waals surface area contributed by atoms with Gasteiger partial charge >= 0.3 is 0 Å². The molecule has 0 radical (unpaired) electrons. The van der Waals surface area contributed by atoms with Gasteiger partial charge in [0.15, 0.2) is 5.78 Å². The summed E-state index contributed by atoms with van der Waals surface area (Å²) in [6.07, 6.45) is 5.06. The second-order valence-corrected chi connectivity index (χ2v) is 12.0. The van der Waals surface area contributed by atoms with E-state index in [4.69, 9.17) is 0 Å². The van der Waals surface area contributed by atoms with E-state index in [0.717, 1.165) is 17.5 Å². The van der Waals surface area contributed by atoms with Crippen molar-refractivity contribution in [2.45, 2.75) is 73.0 Å². The van der Waals surface area contributed by atoms with E-state index in [-0.39, 0.29) is 41.0 Å². The molecule has 1 saturated carbocycles. The Hall–Kier alpha value is -3.62. The largest absolute Gasteiger partial charge is 0.354 e. The van der Waals surface area contributed by atoms with E-state index in [1.807, 2.05) is 25.1 Å². The van der Waals surface area contributed by atoms with Gasteiger partial charge in [-0.05, 0) is 48.3 Å². The number of benzene rings is 1. The minimum atomic E-state index is -0.485. The van der Waals surface area contributed by atoms with Crippen molar-refractivity contribution in [3.05, 3.63) is 42.1 Å². The summed E-state index contributed by atoms with van der Waals surface area (Å²) in [6.45, 7) is 12.1. The molecule has 2 amide bonds. The summed E-state index contributed by atoms with van der Waals surface area (Å²) >= 11 is 0. The number of likely N-dealkylation sites (tertiary alicyclic amines) is 1. The number of nitrogens with zero attached hydrogens (tertiary/aromatic N) is 5. The number of ketones is 1. The molecule has 0 unspecified atom stereocenters. The Morgan fingerprint density at radius 2 is 1.81 bits per heavy atom. The lowest BCUT2D eigenvalue weighted by molar-refractivity contribution is -0.140. The van der Waals surface area contributed by atoms with Crippen LogP contribution in [0, 0.1) is 17.8 Å². The summed E-state index contributed by atoms with van der Waals surface area (Å²) in [6, 6.07) is 5.26. The molecule has 0 spiro atoms. The van der Waals surface area contributed by atoms with Crippen LogP contribution in [0.3, 0.4) is 0 Å². The number of aromatic nitrogens is 4. The van der Waals surface area contributed by atoms with Gasteiger partial charge in [-0.25, -0.2) is 9.97 Å². The first-order chi connectivity index (χ1) is 17.4. The maximum absolute atomic E-state index is 13.6. The van der Waals surface area contributed by atoms with E-state index in [1.165, 1.54) is 6.92 Å². The number of hydrogen-bond acceptors (Lipinski definition) is 6. The quantitative estimate of drug-likeness (QED) is 0.516. The number of carbonyl (C=O) groups excluding carboxylic acids is 3. The van der Waals surface area contributed by atoms with Crippen LogP contribution in [0.1, 0.15) is 63.8 Å². The Bertz CT molecular complexity index is 1400. The van der Waals surface area contributed by atoms with Crippen LogP contribution in [-0.4, -0.2) is 60.9 Å². The third-order valence-corrected chi connectivity index (χ3v) is 7.50. The first kappa shape index (κ1) is 25.0. The van der Waals surface area contributed by atoms with Crippen molar-refractivity contribution < 1.29 is 14.4 Å². The van der Waals surface area contributed by atoms with Crippen molar-refractivity contribution in [3.63, 3.8) is 0 Å². The molecule has 9 nitrogen and oxygen atoms in total. The molecule has 2 aliphatic rings. The zero-order valence-electron chi connectivity index (χ0n) is 22.3. The van der Waals surface area contributed by atoms with Crippen molar-refractivity contribution in [3.8, 4) is 11.1 Å². The Morgan fingerprint density at radius 1 is 1.11 bits per heavy atom. The van der Waals surface area contributed by atoms with Gasteiger partial charge in [-0.3, -0.25) is 19.1 Å². The molecule has 1 aromatic carbocycles. The Labute approximate surface area is 216 Å². The molecular formula is C28H34N6O3. The van der Waals surface area contributed by atoms with E-state index in [0.29, 0.717) is 35.4 Å². The Balaban J connectivity index is 1.43. The number of aryl methyl sites for hydroxylation is 1. The van der Waals surface area contributed by atoms with Gasteiger partial charge in [-0.2, -0.15) is 5.10 Å². The fourth-order valence-corrected chi connectivity index (χ4v) is 5.32. The molecule has 37 heavy (non-hydrogen) atoms. The van der Waals surface area contributed by atoms with Crippen LogP contribution in [0.2, 0.25) is 0 Å². The van der Waals surface area contributed by atoms with Crippen LogP contribution in [0.4, 0.5) is 0 Å². The Morgan fingerprint density at radius 3 is 2.46 bits per heavy atom. The maximum Gasteiger partial charge on any atom is 0.245 e. The lowest BCUT2D eigenvalue weighted by Gasteiger charge is -2.28. The third-order valence-electron chi connectivity index (χ3n) is 7.50. The molecule has 194 valence electrons. The summed E-state index contributed by atoms with van der Waals surface area (Å²) in [4.78, 5) is 49.5. The van der Waals surface area contributed by atoms with E-state index in [1.54, 1.807) is 22.0 Å². The van der Waals surface area contributed by atoms with Crippen molar-refractivity contribution >= 4 is 28.5 Å². The fraction of sp³-hybridized carbons (Fsp3) is 0.500. The lowest BCUT2D eigenvalue weighted by atomic mass is 9.96. The SMILES string of the molecule is CC(=O)c1nn(CC(=O)N2[C@H](C(=O)NCC(C)(C)C)C[C@@]3(C)C[C@@H]23)c2ccc(-c3cnc(C)nc3)cc12. The van der Waals surface area contributed by atoms with Crippen LogP contribution < -0.4 is 5.32 Å². The first-order valence-electron chi connectivity index (χ1n) is 12.8. The van der Waals surface area contributed by atoms with Gasteiger partial charge < -0.3 is 10.2 Å². The zero-order chi connectivity index (χ0) is 26.7. The van der Waals surface area contributed by atoms with E-state index in [2.05, 4.69) is 48.1 Å². The average Bonchev–Trinajstić information content (AvgIpc) is 3.20. The average molecular weight is 503 g/mol. The highest BCUT2D eigenvalue weighted by molar-refractivity contribution is 6.06. The molecule has 9 heteroatoms. The minimum Gasteiger partial charge on any atom is -0.354 e. The predicted octanol–water partition coefficient (Wildman–Crippen LogP) is 3.55. The normalized spacial score (nSPS) is 22.7. The highest BCUT2D eigenvalue weighted by atomic mass is 16.2. The summed E-state index contributed by atoms with van der Waals surface area (Å²) in [5.74, 6) is 0.248. The topological polar surface area (TPSA) is 110 Å². The monoisotopic (exact) mass is 502 g/mol. The van der Waals surface area contributed by atoms with Crippen LogP contribution >= 0.6 is 0 Å². The number of amides is 2. The molecule has 1 saturated heterocycles. The maximum atomic E-state index is 13.6. The third kappa shape index (κ3) is 4.74. The molecule has 0 bridgehead atoms. The van der Waals surface area contributed by atoms with Crippen LogP contribution in [0.15, 0.2) is 30.6 Å². The first-order valence-corrected chi connectivity index (χ1v) is 12.8. The lowest BCUT2D eigenvalue weighted by Crippen LogP contribution is -2.50. The second-order valence-electron chi connectivity index (χ2n) is 12.0. The van der Waals surface area contributed by atoms with Gasteiger partial charge in [0, 0.05) is 42.9 Å². The molecule has 1 aliphatic carbocycles. The van der Waals surface area contributed by atoms with E-state index >= 15 is 0 Å². The number of rotatable bonds is 6. The Kier molecular flexibility index (Phi) is 5.92.